The van der Waals surface area contributed by atoms with Gasteiger partial charge in [-0.25, -0.2) is 4.98 Å². The maximum atomic E-state index is 4.18. The van der Waals surface area contributed by atoms with Crippen molar-refractivity contribution in [3.05, 3.63) is 17.7 Å². The fourth-order valence-corrected chi connectivity index (χ4v) is 0.797. The zero-order valence-electron chi connectivity index (χ0n) is 6.96. The number of aromatic amines is 1. The maximum Gasteiger partial charge on any atom is 0.103 e. The molecule has 3 heteroatoms. The van der Waals surface area contributed by atoms with Crippen LogP contribution in [0, 0.1) is 6.92 Å². The van der Waals surface area contributed by atoms with Gasteiger partial charge in [-0.05, 0) is 13.3 Å². The first-order valence-corrected chi connectivity index (χ1v) is 3.84. The molecule has 0 aliphatic rings. The van der Waals surface area contributed by atoms with Crippen LogP contribution in [0.5, 0.6) is 0 Å². The molecule has 0 saturated carbocycles. The highest BCUT2D eigenvalue weighted by Crippen LogP contribution is 1.91. The Morgan fingerprint density at radius 1 is 1.73 bits per heavy atom. The highest BCUT2D eigenvalue weighted by molar-refractivity contribution is 5.76. The first kappa shape index (κ1) is 7.98. The summed E-state index contributed by atoms with van der Waals surface area (Å²) in [5, 5.41) is 0. The second-order valence-corrected chi connectivity index (χ2v) is 2.46. The van der Waals surface area contributed by atoms with Crippen molar-refractivity contribution in [1.82, 2.24) is 9.97 Å². The van der Waals surface area contributed by atoms with Gasteiger partial charge in [0.15, 0.2) is 0 Å². The van der Waals surface area contributed by atoms with Gasteiger partial charge < -0.3 is 4.98 Å². The molecule has 0 aromatic carbocycles. The summed E-state index contributed by atoms with van der Waals surface area (Å²) >= 11 is 0. The molecular weight excluding hydrogens is 138 g/mol. The van der Waals surface area contributed by atoms with E-state index in [2.05, 4.69) is 21.9 Å². The third kappa shape index (κ3) is 2.53. The van der Waals surface area contributed by atoms with Crippen molar-refractivity contribution in [1.29, 1.82) is 0 Å². The van der Waals surface area contributed by atoms with Crippen LogP contribution in [0.4, 0.5) is 0 Å². The number of hydrogen-bond donors (Lipinski definition) is 1. The highest BCUT2D eigenvalue weighted by atomic mass is 14.9. The summed E-state index contributed by atoms with van der Waals surface area (Å²) in [5.74, 6) is 0.933. The van der Waals surface area contributed by atoms with Crippen LogP contribution in [0.15, 0.2) is 11.2 Å². The molecule has 0 spiro atoms. The molecule has 0 unspecified atom stereocenters. The van der Waals surface area contributed by atoms with Gasteiger partial charge in [0, 0.05) is 12.8 Å². The number of rotatable bonds is 3. The molecule has 0 amide bonds. The van der Waals surface area contributed by atoms with Gasteiger partial charge in [0.05, 0.1) is 11.9 Å². The maximum absolute atomic E-state index is 4.18. The normalized spacial score (nSPS) is 11.1. The molecule has 1 aromatic rings. The van der Waals surface area contributed by atoms with Crippen LogP contribution in [0.1, 0.15) is 24.9 Å². The van der Waals surface area contributed by atoms with E-state index in [1.165, 1.54) is 0 Å². The van der Waals surface area contributed by atoms with Crippen LogP contribution in [0.3, 0.4) is 0 Å². The van der Waals surface area contributed by atoms with E-state index in [0.29, 0.717) is 0 Å². The first-order chi connectivity index (χ1) is 5.33. The lowest BCUT2D eigenvalue weighted by Crippen LogP contribution is -1.82. The van der Waals surface area contributed by atoms with Crippen molar-refractivity contribution < 1.29 is 0 Å². The van der Waals surface area contributed by atoms with Gasteiger partial charge in [-0.1, -0.05) is 6.92 Å². The fourth-order valence-electron chi connectivity index (χ4n) is 0.797. The summed E-state index contributed by atoms with van der Waals surface area (Å²) in [6.45, 7) is 4.92. The lowest BCUT2D eigenvalue weighted by Gasteiger charge is -1.84. The van der Waals surface area contributed by atoms with E-state index >= 15 is 0 Å². The van der Waals surface area contributed by atoms with Crippen molar-refractivity contribution in [3.8, 4) is 0 Å². The topological polar surface area (TPSA) is 41.0 Å². The zero-order chi connectivity index (χ0) is 8.10. The Labute approximate surface area is 66.6 Å². The first-order valence-electron chi connectivity index (χ1n) is 3.84. The second kappa shape index (κ2) is 3.91. The number of H-pyrrole nitrogens is 1. The van der Waals surface area contributed by atoms with Gasteiger partial charge >= 0.3 is 0 Å². The van der Waals surface area contributed by atoms with E-state index in [1.54, 1.807) is 6.20 Å². The molecule has 0 saturated heterocycles. The minimum absolute atomic E-state index is 0.887. The highest BCUT2D eigenvalue weighted by Gasteiger charge is 1.89. The lowest BCUT2D eigenvalue weighted by atomic mass is 10.5. The van der Waals surface area contributed by atoms with Crippen molar-refractivity contribution in [2.24, 2.45) is 4.99 Å². The van der Waals surface area contributed by atoms with Crippen LogP contribution in [-0.4, -0.2) is 22.7 Å². The Balaban J connectivity index is 2.50. The summed E-state index contributed by atoms with van der Waals surface area (Å²) < 4.78 is 0. The summed E-state index contributed by atoms with van der Waals surface area (Å²) in [7, 11) is 0. The van der Waals surface area contributed by atoms with Gasteiger partial charge in [0.1, 0.15) is 5.82 Å². The molecule has 0 atom stereocenters. The molecule has 1 rings (SSSR count). The van der Waals surface area contributed by atoms with Crippen molar-refractivity contribution in [2.45, 2.75) is 20.3 Å². The number of imidazole rings is 1. The van der Waals surface area contributed by atoms with E-state index in [1.807, 2.05) is 13.1 Å². The molecule has 11 heavy (non-hydrogen) atoms. The molecule has 1 aromatic heterocycles. The molecule has 0 aliphatic heterocycles. The van der Waals surface area contributed by atoms with E-state index in [4.69, 9.17) is 0 Å². The van der Waals surface area contributed by atoms with Crippen LogP contribution in [-0.2, 0) is 0 Å². The SMILES string of the molecule is CCCN=Cc1cnc(C)[nH]1. The largest absolute Gasteiger partial charge is 0.341 e. The number of hydrogen-bond acceptors (Lipinski definition) is 2. The van der Waals surface area contributed by atoms with E-state index in [9.17, 15) is 0 Å². The monoisotopic (exact) mass is 151 g/mol. The summed E-state index contributed by atoms with van der Waals surface area (Å²) in [5.41, 5.74) is 0.982. The molecule has 0 aliphatic carbocycles. The van der Waals surface area contributed by atoms with Gasteiger partial charge in [-0.2, -0.15) is 0 Å². The molecule has 0 radical (unpaired) electrons. The molecule has 1 heterocycles. The smallest absolute Gasteiger partial charge is 0.103 e. The third-order valence-corrected chi connectivity index (χ3v) is 1.31. The summed E-state index contributed by atoms with van der Waals surface area (Å²) in [6.07, 6.45) is 4.70. The fraction of sp³-hybridized carbons (Fsp3) is 0.500. The van der Waals surface area contributed by atoms with E-state index < -0.39 is 0 Å². The third-order valence-electron chi connectivity index (χ3n) is 1.31. The van der Waals surface area contributed by atoms with Gasteiger partial charge in [0.25, 0.3) is 0 Å². The quantitative estimate of drug-likeness (QED) is 0.654. The summed E-state index contributed by atoms with van der Waals surface area (Å²) in [4.78, 5) is 11.3. The van der Waals surface area contributed by atoms with Crippen LogP contribution in [0.25, 0.3) is 0 Å². The molecule has 60 valence electrons. The minimum Gasteiger partial charge on any atom is -0.341 e. The Morgan fingerprint density at radius 3 is 3.09 bits per heavy atom. The van der Waals surface area contributed by atoms with Crippen LogP contribution >= 0.6 is 0 Å². The average molecular weight is 151 g/mol. The number of aromatic nitrogens is 2. The predicted octanol–water partition coefficient (Wildman–Crippen LogP) is 1.55. The number of aliphatic imine (C=N–C) groups is 1. The Bertz CT molecular complexity index is 237. The van der Waals surface area contributed by atoms with Gasteiger partial charge in [0.2, 0.25) is 0 Å². The Kier molecular flexibility index (Phi) is 2.83. The molecule has 3 nitrogen and oxygen atoms in total. The Hall–Kier alpha value is -1.12. The van der Waals surface area contributed by atoms with Gasteiger partial charge in [-0.3, -0.25) is 4.99 Å². The van der Waals surface area contributed by atoms with Crippen molar-refractivity contribution in [3.63, 3.8) is 0 Å². The molecule has 0 bridgehead atoms. The van der Waals surface area contributed by atoms with Crippen LogP contribution < -0.4 is 0 Å². The zero-order valence-corrected chi connectivity index (χ0v) is 6.96. The van der Waals surface area contributed by atoms with E-state index in [0.717, 1.165) is 24.5 Å². The Morgan fingerprint density at radius 2 is 2.55 bits per heavy atom. The number of nitrogens with zero attached hydrogens (tertiary/aromatic N) is 2. The van der Waals surface area contributed by atoms with E-state index in [-0.39, 0.29) is 0 Å². The second-order valence-electron chi connectivity index (χ2n) is 2.46. The standard InChI is InChI=1S/C8H13N3/c1-3-4-9-5-8-6-10-7(2)11-8/h5-6H,3-4H2,1-2H3,(H,10,11). The van der Waals surface area contributed by atoms with Crippen LogP contribution in [0.2, 0.25) is 0 Å². The summed E-state index contributed by atoms with van der Waals surface area (Å²) in [6, 6.07) is 0. The number of nitrogens with one attached hydrogen (secondary N) is 1. The minimum atomic E-state index is 0.887. The predicted molar refractivity (Wildman–Crippen MR) is 46.1 cm³/mol. The van der Waals surface area contributed by atoms with Crippen molar-refractivity contribution >= 4 is 6.21 Å². The van der Waals surface area contributed by atoms with Crippen molar-refractivity contribution in [2.75, 3.05) is 6.54 Å². The number of aryl methyl sites for hydroxylation is 1. The van der Waals surface area contributed by atoms with Gasteiger partial charge in [-0.15, -0.1) is 0 Å². The average Bonchev–Trinajstić information content (AvgIpc) is 2.37. The lowest BCUT2D eigenvalue weighted by molar-refractivity contribution is 0.936. The molecule has 1 N–H and O–H groups in total. The molecular formula is C8H13N3. The molecule has 0 fully saturated rings.